The highest BCUT2D eigenvalue weighted by molar-refractivity contribution is 14.0. The monoisotopic (exact) mass is 438 g/mol. The van der Waals surface area contributed by atoms with Gasteiger partial charge in [0.05, 0.1) is 5.01 Å². The van der Waals surface area contributed by atoms with Crippen LogP contribution in [0.1, 0.15) is 49.9 Å². The number of thiazole rings is 1. The van der Waals surface area contributed by atoms with Crippen LogP contribution in [0, 0.1) is 12.8 Å². The minimum atomic E-state index is 0. The number of nitrogens with one attached hydrogen (secondary N) is 2. The zero-order chi connectivity index (χ0) is 15.5. The molecular weight excluding hydrogens is 407 g/mol. The molecule has 1 aromatic heterocycles. The van der Waals surface area contributed by atoms with E-state index in [4.69, 9.17) is 0 Å². The number of halogens is 1. The standard InChI is InChI=1S/C16H30N4S.HI/c1-5-17-16(18-10-7-6-8-13(2)3)19-11-9-15-20-12-14(4)21-15;/h12-13H,5-11H2,1-4H3,(H2,17,18,19);1H. The van der Waals surface area contributed by atoms with Crippen molar-refractivity contribution >= 4 is 41.3 Å². The minimum Gasteiger partial charge on any atom is -0.357 e. The first-order chi connectivity index (χ1) is 10.1. The number of rotatable bonds is 9. The van der Waals surface area contributed by atoms with Crippen molar-refractivity contribution in [3.63, 3.8) is 0 Å². The number of guanidine groups is 1. The number of hydrogen-bond acceptors (Lipinski definition) is 3. The van der Waals surface area contributed by atoms with Gasteiger partial charge in [0.15, 0.2) is 5.96 Å². The van der Waals surface area contributed by atoms with Crippen LogP contribution in [0.25, 0.3) is 0 Å². The Morgan fingerprint density at radius 1 is 1.32 bits per heavy atom. The van der Waals surface area contributed by atoms with Gasteiger partial charge >= 0.3 is 0 Å². The summed E-state index contributed by atoms with van der Waals surface area (Å²) in [6, 6.07) is 0. The molecular formula is C16H31IN4S. The molecule has 1 rings (SSSR count). The van der Waals surface area contributed by atoms with Gasteiger partial charge in [0, 0.05) is 37.1 Å². The van der Waals surface area contributed by atoms with Crippen LogP contribution in [0.15, 0.2) is 11.2 Å². The third-order valence-electron chi connectivity index (χ3n) is 3.10. The lowest BCUT2D eigenvalue weighted by Gasteiger charge is -2.10. The fourth-order valence-electron chi connectivity index (χ4n) is 2.00. The summed E-state index contributed by atoms with van der Waals surface area (Å²) >= 11 is 1.77. The number of hydrogen-bond donors (Lipinski definition) is 2. The van der Waals surface area contributed by atoms with Crippen molar-refractivity contribution in [1.29, 1.82) is 0 Å². The van der Waals surface area contributed by atoms with Gasteiger partial charge in [0.1, 0.15) is 0 Å². The number of aliphatic imine (C=N–C) groups is 1. The maximum absolute atomic E-state index is 4.62. The highest BCUT2D eigenvalue weighted by Crippen LogP contribution is 2.10. The summed E-state index contributed by atoms with van der Waals surface area (Å²) in [5.74, 6) is 1.72. The van der Waals surface area contributed by atoms with Crippen LogP contribution < -0.4 is 10.6 Å². The van der Waals surface area contributed by atoms with Gasteiger partial charge in [-0.15, -0.1) is 35.3 Å². The van der Waals surface area contributed by atoms with Crippen LogP contribution in [0.2, 0.25) is 0 Å². The smallest absolute Gasteiger partial charge is 0.191 e. The molecule has 0 aromatic carbocycles. The lowest BCUT2D eigenvalue weighted by atomic mass is 10.1. The molecule has 4 nitrogen and oxygen atoms in total. The van der Waals surface area contributed by atoms with Crippen LogP contribution >= 0.6 is 35.3 Å². The van der Waals surface area contributed by atoms with E-state index in [1.165, 1.54) is 29.1 Å². The van der Waals surface area contributed by atoms with E-state index in [9.17, 15) is 0 Å². The van der Waals surface area contributed by atoms with Gasteiger partial charge < -0.3 is 10.6 Å². The van der Waals surface area contributed by atoms with E-state index in [2.05, 4.69) is 48.3 Å². The molecule has 0 aliphatic rings. The molecule has 1 heterocycles. The summed E-state index contributed by atoms with van der Waals surface area (Å²) in [5, 5.41) is 7.87. The normalized spacial score (nSPS) is 11.4. The average molecular weight is 438 g/mol. The minimum absolute atomic E-state index is 0. The van der Waals surface area contributed by atoms with Crippen LogP contribution in [-0.4, -0.2) is 30.6 Å². The molecule has 6 heteroatoms. The molecule has 2 N–H and O–H groups in total. The van der Waals surface area contributed by atoms with Gasteiger partial charge in [-0.25, -0.2) is 4.98 Å². The van der Waals surface area contributed by atoms with Crippen LogP contribution in [0.4, 0.5) is 0 Å². The van der Waals surface area contributed by atoms with Crippen molar-refractivity contribution in [2.45, 2.75) is 53.4 Å². The van der Waals surface area contributed by atoms with Crippen molar-refractivity contribution in [3.8, 4) is 0 Å². The zero-order valence-electron chi connectivity index (χ0n) is 14.3. The highest BCUT2D eigenvalue weighted by atomic mass is 127. The van der Waals surface area contributed by atoms with E-state index in [1.807, 2.05) is 6.20 Å². The van der Waals surface area contributed by atoms with Gasteiger partial charge in [-0.3, -0.25) is 4.99 Å². The molecule has 0 bridgehead atoms. The molecule has 0 saturated heterocycles. The molecule has 0 radical (unpaired) electrons. The Labute approximate surface area is 156 Å². The van der Waals surface area contributed by atoms with Gasteiger partial charge in [-0.1, -0.05) is 26.7 Å². The van der Waals surface area contributed by atoms with E-state index in [1.54, 1.807) is 11.3 Å². The fourth-order valence-corrected chi connectivity index (χ4v) is 2.79. The molecule has 0 aliphatic carbocycles. The molecule has 0 saturated carbocycles. The van der Waals surface area contributed by atoms with Gasteiger partial charge in [0.2, 0.25) is 0 Å². The zero-order valence-corrected chi connectivity index (χ0v) is 17.5. The summed E-state index contributed by atoms with van der Waals surface area (Å²) in [7, 11) is 0. The van der Waals surface area contributed by atoms with E-state index < -0.39 is 0 Å². The van der Waals surface area contributed by atoms with Gasteiger partial charge in [-0.2, -0.15) is 0 Å². The molecule has 0 atom stereocenters. The second kappa shape index (κ2) is 13.1. The quantitative estimate of drug-likeness (QED) is 0.265. The average Bonchev–Trinajstić information content (AvgIpc) is 2.83. The maximum Gasteiger partial charge on any atom is 0.191 e. The van der Waals surface area contributed by atoms with Crippen molar-refractivity contribution in [2.24, 2.45) is 10.9 Å². The summed E-state index contributed by atoms with van der Waals surface area (Å²) < 4.78 is 0. The summed E-state index contributed by atoms with van der Waals surface area (Å²) in [5.41, 5.74) is 0. The molecule has 0 fully saturated rings. The number of unbranched alkanes of at least 4 members (excludes halogenated alkanes) is 1. The molecule has 0 amide bonds. The SMILES string of the molecule is CCNC(=NCCCCC(C)C)NCCc1ncc(C)s1.I. The summed E-state index contributed by atoms with van der Waals surface area (Å²) in [6.45, 7) is 11.4. The molecule has 0 spiro atoms. The maximum atomic E-state index is 4.62. The lowest BCUT2D eigenvalue weighted by molar-refractivity contribution is 0.541. The van der Waals surface area contributed by atoms with Crippen molar-refractivity contribution in [2.75, 3.05) is 19.6 Å². The molecule has 0 aliphatic heterocycles. The summed E-state index contributed by atoms with van der Waals surface area (Å²) in [4.78, 5) is 10.3. The number of aromatic nitrogens is 1. The molecule has 22 heavy (non-hydrogen) atoms. The Bertz CT molecular complexity index is 418. The highest BCUT2D eigenvalue weighted by Gasteiger charge is 2.01. The molecule has 1 aromatic rings. The first-order valence-corrected chi connectivity index (χ1v) is 8.87. The second-order valence-corrected chi connectivity index (χ2v) is 7.01. The molecule has 128 valence electrons. The Morgan fingerprint density at radius 3 is 2.68 bits per heavy atom. The Hall–Kier alpha value is -0.370. The van der Waals surface area contributed by atoms with Crippen LogP contribution in [-0.2, 0) is 6.42 Å². The Morgan fingerprint density at radius 2 is 2.09 bits per heavy atom. The van der Waals surface area contributed by atoms with E-state index in [0.717, 1.165) is 37.9 Å². The first-order valence-electron chi connectivity index (χ1n) is 8.05. The topological polar surface area (TPSA) is 49.3 Å². The van der Waals surface area contributed by atoms with Crippen molar-refractivity contribution in [1.82, 2.24) is 15.6 Å². The Kier molecular flexibility index (Phi) is 12.9. The fraction of sp³-hybridized carbons (Fsp3) is 0.750. The predicted molar refractivity (Wildman–Crippen MR) is 109 cm³/mol. The van der Waals surface area contributed by atoms with Gasteiger partial charge in [-0.05, 0) is 26.2 Å². The largest absolute Gasteiger partial charge is 0.357 e. The van der Waals surface area contributed by atoms with E-state index in [0.29, 0.717) is 0 Å². The van der Waals surface area contributed by atoms with Crippen LogP contribution in [0.3, 0.4) is 0 Å². The van der Waals surface area contributed by atoms with Crippen molar-refractivity contribution < 1.29 is 0 Å². The van der Waals surface area contributed by atoms with Crippen molar-refractivity contribution in [3.05, 3.63) is 16.1 Å². The number of nitrogens with zero attached hydrogens (tertiary/aromatic N) is 2. The third-order valence-corrected chi connectivity index (χ3v) is 4.08. The first kappa shape index (κ1) is 21.6. The van der Waals surface area contributed by atoms with Gasteiger partial charge in [0.25, 0.3) is 0 Å². The second-order valence-electron chi connectivity index (χ2n) is 5.69. The Balaban J connectivity index is 0.00000441. The van der Waals surface area contributed by atoms with E-state index in [-0.39, 0.29) is 24.0 Å². The lowest BCUT2D eigenvalue weighted by Crippen LogP contribution is -2.38. The number of aryl methyl sites for hydroxylation is 1. The summed E-state index contributed by atoms with van der Waals surface area (Å²) in [6.07, 6.45) is 6.62. The van der Waals surface area contributed by atoms with Crippen LogP contribution in [0.5, 0.6) is 0 Å². The predicted octanol–water partition coefficient (Wildman–Crippen LogP) is 3.99. The molecule has 0 unspecified atom stereocenters. The van der Waals surface area contributed by atoms with E-state index >= 15 is 0 Å². The third kappa shape index (κ3) is 10.4.